The van der Waals surface area contributed by atoms with Crippen LogP contribution in [0.4, 0.5) is 24.5 Å². The Kier molecular flexibility index (Phi) is 9.65. The normalized spacial score (nSPS) is 12.9. The van der Waals surface area contributed by atoms with E-state index in [4.69, 9.17) is 16.6 Å². The summed E-state index contributed by atoms with van der Waals surface area (Å²) in [6.45, 7) is 14.1. The summed E-state index contributed by atoms with van der Waals surface area (Å²) in [4.78, 5) is 17.8. The number of nitrogens with zero attached hydrogens (tertiary/aromatic N) is 1. The topological polar surface area (TPSA) is 41.5 Å². The highest BCUT2D eigenvalue weighted by atomic mass is 35.5. The molecule has 0 heterocycles. The summed E-state index contributed by atoms with van der Waals surface area (Å²) in [7, 11) is 0. The molecule has 0 radical (unpaired) electrons. The van der Waals surface area contributed by atoms with Crippen LogP contribution in [0.5, 0.6) is 0 Å². The van der Waals surface area contributed by atoms with Crippen LogP contribution < -0.4 is 5.32 Å². The number of nitrogens with one attached hydrogen (secondary N) is 1. The molecule has 0 aliphatic carbocycles. The maximum atomic E-state index is 12.9. The summed E-state index contributed by atoms with van der Waals surface area (Å²) in [5.41, 5.74) is 5.12. The minimum Gasteiger partial charge on any atom is -0.322 e. The van der Waals surface area contributed by atoms with Gasteiger partial charge in [-0.1, -0.05) is 42.0 Å². The summed E-state index contributed by atoms with van der Waals surface area (Å²) < 4.78 is 38.6. The summed E-state index contributed by atoms with van der Waals surface area (Å²) in [6, 6.07) is 10.8. The van der Waals surface area contributed by atoms with Gasteiger partial charge in [0.15, 0.2) is 0 Å². The molecule has 36 heavy (non-hydrogen) atoms. The first-order valence-corrected chi connectivity index (χ1v) is 11.6. The molecule has 2 rings (SSSR count). The van der Waals surface area contributed by atoms with Crippen LogP contribution >= 0.6 is 11.6 Å². The number of benzene rings is 2. The molecular weight excluding hydrogens is 485 g/mol. The van der Waals surface area contributed by atoms with Gasteiger partial charge in [0, 0.05) is 22.4 Å². The van der Waals surface area contributed by atoms with Crippen LogP contribution in [0.3, 0.4) is 0 Å². The van der Waals surface area contributed by atoms with Crippen molar-refractivity contribution in [2.45, 2.75) is 47.7 Å². The van der Waals surface area contributed by atoms with Crippen LogP contribution in [-0.2, 0) is 4.79 Å². The van der Waals surface area contributed by atoms with Crippen LogP contribution in [0.1, 0.15) is 44.4 Å². The first-order valence-electron chi connectivity index (χ1n) is 11.2. The summed E-state index contributed by atoms with van der Waals surface area (Å²) in [6.07, 6.45) is -0.596. The number of hydrogen-bond acceptors (Lipinski definition) is 2. The van der Waals surface area contributed by atoms with Gasteiger partial charge in [-0.2, -0.15) is 13.2 Å². The van der Waals surface area contributed by atoms with Crippen molar-refractivity contribution in [3.8, 4) is 0 Å². The van der Waals surface area contributed by atoms with Crippen molar-refractivity contribution < 1.29 is 18.0 Å². The maximum absolute atomic E-state index is 12.9. The number of halogens is 4. The van der Waals surface area contributed by atoms with Gasteiger partial charge in [-0.05, 0) is 94.7 Å². The predicted octanol–water partition coefficient (Wildman–Crippen LogP) is 8.99. The van der Waals surface area contributed by atoms with Crippen molar-refractivity contribution in [2.75, 3.05) is 5.32 Å². The second-order valence-corrected chi connectivity index (χ2v) is 9.20. The van der Waals surface area contributed by atoms with Gasteiger partial charge in [0.2, 0.25) is 0 Å². The molecular formula is C29H30ClF3N2O. The minimum atomic E-state index is -4.48. The molecule has 7 heteroatoms. The molecule has 0 fully saturated rings. The Balaban J connectivity index is 2.51. The summed E-state index contributed by atoms with van der Waals surface area (Å²) >= 11 is 6.53. The monoisotopic (exact) mass is 514 g/mol. The molecule has 0 aromatic heterocycles. The molecule has 3 nitrogen and oxygen atoms in total. The largest absolute Gasteiger partial charge is 0.412 e. The SMILES string of the molecule is C=C(C)/C(=C\C=C(/C)C(F)(F)F)C(=O)Nc1ccc(Cl)c(C(C=C(C)C)=Nc2cccc(C)c2C)c1. The Morgan fingerprint density at radius 3 is 2.31 bits per heavy atom. The van der Waals surface area contributed by atoms with Gasteiger partial charge in [0.05, 0.1) is 16.4 Å². The van der Waals surface area contributed by atoms with Crippen LogP contribution in [0.15, 0.2) is 88.5 Å². The zero-order valence-corrected chi connectivity index (χ0v) is 22.0. The molecule has 0 bridgehead atoms. The zero-order valence-electron chi connectivity index (χ0n) is 21.3. The highest BCUT2D eigenvalue weighted by Crippen LogP contribution is 2.28. The molecule has 0 unspecified atom stereocenters. The highest BCUT2D eigenvalue weighted by molar-refractivity contribution is 6.35. The lowest BCUT2D eigenvalue weighted by Crippen LogP contribution is -2.16. The van der Waals surface area contributed by atoms with E-state index < -0.39 is 17.7 Å². The third kappa shape index (κ3) is 7.82. The van der Waals surface area contributed by atoms with Crippen LogP contribution in [0.2, 0.25) is 5.02 Å². The quantitative estimate of drug-likeness (QED) is 0.223. The molecule has 190 valence electrons. The number of alkyl halides is 3. The predicted molar refractivity (Wildman–Crippen MR) is 144 cm³/mol. The first-order chi connectivity index (χ1) is 16.7. The van der Waals surface area contributed by atoms with Crippen molar-refractivity contribution in [3.63, 3.8) is 0 Å². The van der Waals surface area contributed by atoms with E-state index in [9.17, 15) is 18.0 Å². The smallest absolute Gasteiger partial charge is 0.322 e. The fourth-order valence-corrected chi connectivity index (χ4v) is 3.36. The Bertz CT molecular complexity index is 1290. The van der Waals surface area contributed by atoms with Gasteiger partial charge >= 0.3 is 6.18 Å². The molecule has 0 saturated carbocycles. The number of rotatable bonds is 7. The van der Waals surface area contributed by atoms with Crippen molar-refractivity contribution in [2.24, 2.45) is 4.99 Å². The molecule has 0 spiro atoms. The van der Waals surface area contributed by atoms with Crippen LogP contribution in [0.25, 0.3) is 0 Å². The van der Waals surface area contributed by atoms with Crippen LogP contribution in [0, 0.1) is 13.8 Å². The summed E-state index contributed by atoms with van der Waals surface area (Å²) in [5.74, 6) is -0.586. The van der Waals surface area contributed by atoms with E-state index in [0.29, 0.717) is 27.6 Å². The molecule has 1 amide bonds. The third-order valence-electron chi connectivity index (χ3n) is 5.39. The van der Waals surface area contributed by atoms with Crippen molar-refractivity contribution in [1.82, 2.24) is 0 Å². The van der Waals surface area contributed by atoms with Crippen molar-refractivity contribution in [3.05, 3.63) is 105 Å². The highest BCUT2D eigenvalue weighted by Gasteiger charge is 2.29. The van der Waals surface area contributed by atoms with E-state index in [1.165, 1.54) is 0 Å². The molecule has 2 aromatic carbocycles. The van der Waals surface area contributed by atoms with Gasteiger partial charge in [-0.3, -0.25) is 4.79 Å². The maximum Gasteiger partial charge on any atom is 0.412 e. The molecule has 0 saturated heterocycles. The Morgan fingerprint density at radius 1 is 1.06 bits per heavy atom. The average molecular weight is 515 g/mol. The number of aliphatic imine (C=N–C) groups is 1. The van der Waals surface area contributed by atoms with Gasteiger partial charge in [0.1, 0.15) is 0 Å². The lowest BCUT2D eigenvalue weighted by Gasteiger charge is -2.13. The number of hydrogen-bond donors (Lipinski definition) is 1. The van der Waals surface area contributed by atoms with Gasteiger partial charge in [-0.15, -0.1) is 0 Å². The van der Waals surface area contributed by atoms with Crippen LogP contribution in [-0.4, -0.2) is 17.8 Å². The lowest BCUT2D eigenvalue weighted by atomic mass is 10.0. The van der Waals surface area contributed by atoms with E-state index in [1.54, 1.807) is 25.1 Å². The van der Waals surface area contributed by atoms with E-state index in [2.05, 4.69) is 11.9 Å². The summed E-state index contributed by atoms with van der Waals surface area (Å²) in [5, 5.41) is 3.17. The van der Waals surface area contributed by atoms with E-state index in [0.717, 1.165) is 41.5 Å². The fraction of sp³-hybridized carbons (Fsp3) is 0.241. The number of carbonyl (C=O) groups is 1. The molecule has 0 atom stereocenters. The Labute approximate surface area is 215 Å². The number of amides is 1. The number of aryl methyl sites for hydroxylation is 1. The Morgan fingerprint density at radius 2 is 1.72 bits per heavy atom. The molecule has 1 N–H and O–H groups in total. The zero-order chi connectivity index (χ0) is 27.2. The standard InChI is InChI=1S/C29H30ClF3N2O/c1-17(2)15-27(35-26-10-8-9-19(5)21(26)7)24-16-22(12-14-25(24)30)34-28(36)23(18(3)4)13-11-20(6)29(31,32)33/h8-16H,3H2,1-2,4-7H3,(H,34,36)/b20-11+,23-13+,35-27?. The Hall–Kier alpha value is -3.38. The second-order valence-electron chi connectivity index (χ2n) is 8.79. The lowest BCUT2D eigenvalue weighted by molar-refractivity contribution is -0.112. The van der Waals surface area contributed by atoms with E-state index >= 15 is 0 Å². The van der Waals surface area contributed by atoms with Crippen molar-refractivity contribution in [1.29, 1.82) is 0 Å². The molecule has 0 aliphatic heterocycles. The minimum absolute atomic E-state index is 0.0312. The molecule has 0 aliphatic rings. The molecule has 2 aromatic rings. The van der Waals surface area contributed by atoms with E-state index in [1.807, 2.05) is 52.0 Å². The first kappa shape index (κ1) is 28.9. The third-order valence-corrected chi connectivity index (χ3v) is 5.72. The number of anilines is 1. The second kappa shape index (κ2) is 12.0. The van der Waals surface area contributed by atoms with E-state index in [-0.39, 0.29) is 5.57 Å². The number of carbonyl (C=O) groups excluding carboxylic acids is 1. The fourth-order valence-electron chi connectivity index (χ4n) is 3.14. The van der Waals surface area contributed by atoms with Crippen molar-refractivity contribution >= 4 is 34.6 Å². The number of allylic oxidation sites excluding steroid dienone is 5. The van der Waals surface area contributed by atoms with Gasteiger partial charge in [-0.25, -0.2) is 4.99 Å². The van der Waals surface area contributed by atoms with Gasteiger partial charge in [0.25, 0.3) is 5.91 Å². The average Bonchev–Trinajstić information content (AvgIpc) is 2.76. The van der Waals surface area contributed by atoms with Gasteiger partial charge < -0.3 is 5.32 Å².